The molecular weight excluding hydrogens is 320 g/mol. The average molecular weight is 334 g/mol. The highest BCUT2D eigenvalue weighted by Gasteiger charge is 2.09. The van der Waals surface area contributed by atoms with E-state index in [1.165, 1.54) is 31.4 Å². The topological polar surface area (TPSA) is 85.4 Å². The van der Waals surface area contributed by atoms with Gasteiger partial charge in [-0.1, -0.05) is 12.0 Å². The van der Waals surface area contributed by atoms with Crippen molar-refractivity contribution in [2.45, 2.75) is 0 Å². The Morgan fingerprint density at radius 3 is 2.56 bits per heavy atom. The van der Waals surface area contributed by atoms with Gasteiger partial charge in [-0.2, -0.15) is 5.26 Å². The first-order chi connectivity index (χ1) is 12.1. The number of hydrogen-bond donors (Lipinski definition) is 0. The molecule has 6 heteroatoms. The van der Waals surface area contributed by atoms with Gasteiger partial charge in [-0.25, -0.2) is 0 Å². The minimum Gasteiger partial charge on any atom is -0.493 e. The van der Waals surface area contributed by atoms with Crippen molar-refractivity contribution >= 4 is 17.3 Å². The summed E-state index contributed by atoms with van der Waals surface area (Å²) in [5.41, 5.74) is 1.64. The summed E-state index contributed by atoms with van der Waals surface area (Å²) in [5.74, 6) is 3.37. The molecule has 0 N–H and O–H groups in total. The second-order valence-corrected chi connectivity index (χ2v) is 4.88. The zero-order chi connectivity index (χ0) is 18.2. The van der Waals surface area contributed by atoms with Gasteiger partial charge in [0.05, 0.1) is 23.7 Å². The molecule has 0 amide bonds. The number of ether oxygens (including phenoxy) is 2. The molecule has 124 valence electrons. The van der Waals surface area contributed by atoms with Gasteiger partial charge in [-0.05, 0) is 41.5 Å². The zero-order valence-corrected chi connectivity index (χ0v) is 13.4. The fraction of sp³-hybridized carbons (Fsp3) is 0.105. The van der Waals surface area contributed by atoms with Gasteiger partial charge < -0.3 is 9.47 Å². The maximum absolute atomic E-state index is 10.7. The lowest BCUT2D eigenvalue weighted by Crippen LogP contribution is -1.96. The number of terminal acetylenes is 1. The summed E-state index contributed by atoms with van der Waals surface area (Å²) in [4.78, 5) is 10.2. The minimum absolute atomic E-state index is 0.0299. The third-order valence-corrected chi connectivity index (χ3v) is 3.32. The van der Waals surface area contributed by atoms with Crippen molar-refractivity contribution in [1.29, 1.82) is 5.26 Å². The molecule has 0 radical (unpaired) electrons. The number of benzene rings is 2. The van der Waals surface area contributed by atoms with Gasteiger partial charge in [-0.15, -0.1) is 6.42 Å². The lowest BCUT2D eigenvalue weighted by atomic mass is 10.0. The van der Waals surface area contributed by atoms with Gasteiger partial charge in [-0.3, -0.25) is 10.1 Å². The van der Waals surface area contributed by atoms with Crippen molar-refractivity contribution in [3.63, 3.8) is 0 Å². The van der Waals surface area contributed by atoms with Crippen LogP contribution in [0.15, 0.2) is 42.5 Å². The molecule has 0 aliphatic carbocycles. The van der Waals surface area contributed by atoms with E-state index in [9.17, 15) is 15.4 Å². The molecule has 0 saturated carbocycles. The SMILES string of the molecule is C#CCOc1ccc(C=C(C#N)c2ccc([N+](=O)[O-])cc2)cc1OC. The van der Waals surface area contributed by atoms with Crippen LogP contribution >= 0.6 is 0 Å². The summed E-state index contributed by atoms with van der Waals surface area (Å²) in [7, 11) is 1.51. The maximum atomic E-state index is 10.7. The van der Waals surface area contributed by atoms with Crippen LogP contribution in [-0.2, 0) is 0 Å². The summed E-state index contributed by atoms with van der Waals surface area (Å²) in [6.45, 7) is 0.123. The molecule has 0 unspecified atom stereocenters. The number of nitriles is 1. The molecule has 2 aromatic rings. The van der Waals surface area contributed by atoms with Crippen LogP contribution in [0.2, 0.25) is 0 Å². The highest BCUT2D eigenvalue weighted by Crippen LogP contribution is 2.30. The van der Waals surface area contributed by atoms with E-state index in [1.54, 1.807) is 24.3 Å². The fourth-order valence-corrected chi connectivity index (χ4v) is 2.12. The largest absolute Gasteiger partial charge is 0.493 e. The summed E-state index contributed by atoms with van der Waals surface area (Å²) in [6, 6.07) is 13.1. The van der Waals surface area contributed by atoms with E-state index in [-0.39, 0.29) is 12.3 Å². The van der Waals surface area contributed by atoms with Crippen LogP contribution in [-0.4, -0.2) is 18.6 Å². The van der Waals surface area contributed by atoms with Crippen LogP contribution in [0, 0.1) is 33.8 Å². The molecule has 0 aromatic heterocycles. The van der Waals surface area contributed by atoms with E-state index in [4.69, 9.17) is 15.9 Å². The second kappa shape index (κ2) is 8.19. The van der Waals surface area contributed by atoms with Gasteiger partial charge in [0.2, 0.25) is 0 Å². The first-order valence-corrected chi connectivity index (χ1v) is 7.20. The molecule has 0 saturated heterocycles. The standard InChI is InChI=1S/C19H14N2O4/c1-3-10-25-18-9-4-14(12-19(18)24-2)11-16(13-20)15-5-7-17(8-6-15)21(22)23/h1,4-9,11-12H,10H2,2H3. The Bertz CT molecular complexity index is 887. The van der Waals surface area contributed by atoms with Gasteiger partial charge in [0, 0.05) is 12.1 Å². The molecular formula is C19H14N2O4. The number of hydrogen-bond acceptors (Lipinski definition) is 5. The highest BCUT2D eigenvalue weighted by molar-refractivity contribution is 5.90. The van der Waals surface area contributed by atoms with Crippen molar-refractivity contribution in [1.82, 2.24) is 0 Å². The Morgan fingerprint density at radius 1 is 1.28 bits per heavy atom. The van der Waals surface area contributed by atoms with Crippen LogP contribution in [0.25, 0.3) is 11.6 Å². The first-order valence-electron chi connectivity index (χ1n) is 7.20. The van der Waals surface area contributed by atoms with E-state index in [1.807, 2.05) is 0 Å². The molecule has 0 atom stereocenters. The number of allylic oxidation sites excluding steroid dienone is 1. The number of non-ortho nitro benzene ring substituents is 1. The molecule has 0 bridgehead atoms. The molecule has 2 aromatic carbocycles. The van der Waals surface area contributed by atoms with Crippen LogP contribution < -0.4 is 9.47 Å². The summed E-state index contributed by atoms with van der Waals surface area (Å²) >= 11 is 0. The lowest BCUT2D eigenvalue weighted by Gasteiger charge is -2.09. The second-order valence-electron chi connectivity index (χ2n) is 4.88. The Morgan fingerprint density at radius 2 is 2.00 bits per heavy atom. The predicted octanol–water partition coefficient (Wildman–Crippen LogP) is 3.68. The number of nitrogens with zero attached hydrogens (tertiary/aromatic N) is 2. The highest BCUT2D eigenvalue weighted by atomic mass is 16.6. The zero-order valence-electron chi connectivity index (χ0n) is 13.4. The summed E-state index contributed by atoms with van der Waals surface area (Å²) in [6.07, 6.45) is 6.83. The van der Waals surface area contributed by atoms with Crippen LogP contribution in [0.5, 0.6) is 11.5 Å². The van der Waals surface area contributed by atoms with Gasteiger partial charge in [0.1, 0.15) is 6.61 Å². The monoisotopic (exact) mass is 334 g/mol. The van der Waals surface area contributed by atoms with Crippen molar-refractivity contribution in [2.75, 3.05) is 13.7 Å². The number of nitro benzene ring substituents is 1. The predicted molar refractivity (Wildman–Crippen MR) is 93.9 cm³/mol. The summed E-state index contributed by atoms with van der Waals surface area (Å²) in [5, 5.41) is 20.1. The molecule has 0 heterocycles. The first kappa shape index (κ1) is 17.6. The van der Waals surface area contributed by atoms with Crippen molar-refractivity contribution in [3.8, 4) is 29.9 Å². The Kier molecular flexibility index (Phi) is 5.76. The maximum Gasteiger partial charge on any atom is 0.269 e. The molecule has 0 fully saturated rings. The van der Waals surface area contributed by atoms with Crippen molar-refractivity contribution < 1.29 is 14.4 Å². The van der Waals surface area contributed by atoms with Crippen LogP contribution in [0.1, 0.15) is 11.1 Å². The van der Waals surface area contributed by atoms with E-state index < -0.39 is 4.92 Å². The van der Waals surface area contributed by atoms with E-state index in [2.05, 4.69) is 12.0 Å². The quantitative estimate of drug-likeness (QED) is 0.264. The molecule has 0 aliphatic rings. The van der Waals surface area contributed by atoms with Gasteiger partial charge in [0.25, 0.3) is 5.69 Å². The Labute approximate surface area is 145 Å². The molecule has 0 aliphatic heterocycles. The minimum atomic E-state index is -0.487. The number of nitro groups is 1. The smallest absolute Gasteiger partial charge is 0.269 e. The summed E-state index contributed by atoms with van der Waals surface area (Å²) < 4.78 is 10.6. The third-order valence-electron chi connectivity index (χ3n) is 3.32. The Balaban J connectivity index is 2.34. The Hall–Kier alpha value is -3.77. The van der Waals surface area contributed by atoms with Gasteiger partial charge in [0.15, 0.2) is 11.5 Å². The lowest BCUT2D eigenvalue weighted by molar-refractivity contribution is -0.384. The van der Waals surface area contributed by atoms with E-state index in [0.717, 1.165) is 5.56 Å². The van der Waals surface area contributed by atoms with Gasteiger partial charge >= 0.3 is 0 Å². The van der Waals surface area contributed by atoms with Crippen molar-refractivity contribution in [2.24, 2.45) is 0 Å². The third kappa shape index (κ3) is 4.37. The number of rotatable bonds is 6. The molecule has 0 spiro atoms. The molecule has 25 heavy (non-hydrogen) atoms. The van der Waals surface area contributed by atoms with E-state index in [0.29, 0.717) is 22.6 Å². The fourth-order valence-electron chi connectivity index (χ4n) is 2.12. The van der Waals surface area contributed by atoms with E-state index >= 15 is 0 Å². The normalized spacial score (nSPS) is 10.4. The van der Waals surface area contributed by atoms with Crippen LogP contribution in [0.3, 0.4) is 0 Å². The molecule has 6 nitrogen and oxygen atoms in total. The molecule has 2 rings (SSSR count). The average Bonchev–Trinajstić information content (AvgIpc) is 2.64. The van der Waals surface area contributed by atoms with Crippen LogP contribution in [0.4, 0.5) is 5.69 Å². The number of methoxy groups -OCH3 is 1. The van der Waals surface area contributed by atoms with Crippen molar-refractivity contribution in [3.05, 3.63) is 63.7 Å².